The number of benzene rings is 4. The largest absolute Gasteiger partial charge is 0.490 e. The molecule has 0 spiro atoms. The van der Waals surface area contributed by atoms with Crippen LogP contribution < -0.4 is 20.1 Å². The lowest BCUT2D eigenvalue weighted by Crippen LogP contribution is -2.27. The summed E-state index contributed by atoms with van der Waals surface area (Å²) in [6.45, 7) is 2.82. The molecule has 5 nitrogen and oxygen atoms in total. The fourth-order valence-corrected chi connectivity index (χ4v) is 5.80. The van der Waals surface area contributed by atoms with Gasteiger partial charge >= 0.3 is 0 Å². The fourth-order valence-electron chi connectivity index (χ4n) is 5.55. The van der Waals surface area contributed by atoms with Gasteiger partial charge in [-0.2, -0.15) is 0 Å². The third-order valence-electron chi connectivity index (χ3n) is 7.56. The first-order valence-electron chi connectivity index (χ1n) is 13.8. The van der Waals surface area contributed by atoms with Crippen molar-refractivity contribution in [3.8, 4) is 11.5 Å². The molecule has 4 aromatic rings. The van der Waals surface area contributed by atoms with Gasteiger partial charge in [-0.3, -0.25) is 4.79 Å². The van der Waals surface area contributed by atoms with Gasteiger partial charge < -0.3 is 20.1 Å². The Morgan fingerprint density at radius 2 is 1.46 bits per heavy atom. The highest BCUT2D eigenvalue weighted by molar-refractivity contribution is 6.30. The number of carbonyl (C=O) groups is 1. The molecule has 0 saturated heterocycles. The van der Waals surface area contributed by atoms with Crippen molar-refractivity contribution in [2.45, 2.75) is 38.3 Å². The fraction of sp³-hybridized carbons (Fsp3) is 0.206. The van der Waals surface area contributed by atoms with Crippen LogP contribution in [0.4, 0.5) is 11.4 Å². The number of para-hydroxylation sites is 2. The van der Waals surface area contributed by atoms with Gasteiger partial charge in [0.25, 0.3) is 0 Å². The van der Waals surface area contributed by atoms with Crippen molar-refractivity contribution < 1.29 is 14.3 Å². The second kappa shape index (κ2) is 11.9. The van der Waals surface area contributed by atoms with E-state index in [9.17, 15) is 4.79 Å². The average molecular weight is 586 g/mol. The summed E-state index contributed by atoms with van der Waals surface area (Å²) in [7, 11) is 0. The molecule has 0 unspecified atom stereocenters. The lowest BCUT2D eigenvalue weighted by Gasteiger charge is -2.30. The van der Waals surface area contributed by atoms with Crippen molar-refractivity contribution in [2.75, 3.05) is 17.2 Å². The normalized spacial score (nSPS) is 18.0. The van der Waals surface area contributed by atoms with Crippen LogP contribution in [0.15, 0.2) is 102 Å². The van der Waals surface area contributed by atoms with Gasteiger partial charge in [0.05, 0.1) is 24.0 Å². The maximum atomic E-state index is 13.9. The highest BCUT2D eigenvalue weighted by Crippen LogP contribution is 2.45. The summed E-state index contributed by atoms with van der Waals surface area (Å²) >= 11 is 12.2. The van der Waals surface area contributed by atoms with Crippen molar-refractivity contribution in [1.82, 2.24) is 0 Å². The third kappa shape index (κ3) is 5.92. The highest BCUT2D eigenvalue weighted by atomic mass is 35.5. The standard InChI is InChI=1S/C34H30Cl2N2O3/c1-2-40-32-19-23(11-16-31(32)41-20-21-7-12-25(35)13-8-21)34-33-29(37-27-5-3-4-6-28(27)38-34)17-24(18-30(33)39)22-9-14-26(36)15-10-22/h3-16,19,24,34,37-38H,2,17-18,20H2,1H3/t24-,34+/m1/s1. The number of Topliss-reactive ketones (excluding diaryl/α,β-unsaturated/α-hetero) is 1. The summed E-state index contributed by atoms with van der Waals surface area (Å²) in [6.07, 6.45) is 1.15. The monoisotopic (exact) mass is 584 g/mol. The third-order valence-corrected chi connectivity index (χ3v) is 8.06. The smallest absolute Gasteiger partial charge is 0.163 e. The second-order valence-electron chi connectivity index (χ2n) is 10.3. The summed E-state index contributed by atoms with van der Waals surface area (Å²) in [6, 6.07) is 29.0. The Labute approximate surface area is 250 Å². The van der Waals surface area contributed by atoms with Gasteiger partial charge in [0.1, 0.15) is 6.61 Å². The van der Waals surface area contributed by atoms with E-state index in [0.29, 0.717) is 41.2 Å². The molecule has 2 aliphatic rings. The minimum atomic E-state index is -0.357. The minimum absolute atomic E-state index is 0.0690. The van der Waals surface area contributed by atoms with Gasteiger partial charge in [-0.25, -0.2) is 0 Å². The zero-order valence-corrected chi connectivity index (χ0v) is 24.1. The summed E-state index contributed by atoms with van der Waals surface area (Å²) in [5.74, 6) is 1.46. The molecule has 1 aliphatic heterocycles. The number of hydrogen-bond donors (Lipinski definition) is 2. The molecule has 6 rings (SSSR count). The number of ketones is 1. The zero-order chi connectivity index (χ0) is 28.3. The molecule has 41 heavy (non-hydrogen) atoms. The number of hydrogen-bond acceptors (Lipinski definition) is 5. The molecule has 0 amide bonds. The van der Waals surface area contributed by atoms with E-state index in [2.05, 4.69) is 10.6 Å². The zero-order valence-electron chi connectivity index (χ0n) is 22.6. The molecule has 2 N–H and O–H groups in total. The van der Waals surface area contributed by atoms with E-state index >= 15 is 0 Å². The van der Waals surface area contributed by atoms with Crippen molar-refractivity contribution >= 4 is 40.4 Å². The maximum absolute atomic E-state index is 13.9. The Morgan fingerprint density at radius 1 is 0.780 bits per heavy atom. The number of anilines is 2. The average Bonchev–Trinajstić information content (AvgIpc) is 3.15. The van der Waals surface area contributed by atoms with E-state index in [0.717, 1.165) is 45.8 Å². The number of nitrogens with one attached hydrogen (secondary N) is 2. The van der Waals surface area contributed by atoms with Crippen LogP contribution in [0.25, 0.3) is 0 Å². The van der Waals surface area contributed by atoms with Gasteiger partial charge in [0, 0.05) is 27.7 Å². The Kier molecular flexibility index (Phi) is 7.91. The minimum Gasteiger partial charge on any atom is -0.490 e. The van der Waals surface area contributed by atoms with E-state index in [1.165, 1.54) is 0 Å². The summed E-state index contributed by atoms with van der Waals surface area (Å²) in [5, 5.41) is 8.63. The molecule has 7 heteroatoms. The number of rotatable bonds is 7. The molecular formula is C34H30Cl2N2O3. The van der Waals surface area contributed by atoms with Gasteiger partial charge in [-0.1, -0.05) is 65.7 Å². The van der Waals surface area contributed by atoms with E-state index in [4.69, 9.17) is 32.7 Å². The number of carbonyl (C=O) groups excluding carboxylic acids is 1. The van der Waals surface area contributed by atoms with Crippen molar-refractivity contribution in [2.24, 2.45) is 0 Å². The van der Waals surface area contributed by atoms with Crippen LogP contribution in [0.3, 0.4) is 0 Å². The molecule has 4 aromatic carbocycles. The van der Waals surface area contributed by atoms with E-state index in [1.54, 1.807) is 0 Å². The Bertz CT molecular complexity index is 1600. The van der Waals surface area contributed by atoms with Gasteiger partial charge in [0.15, 0.2) is 17.3 Å². The van der Waals surface area contributed by atoms with E-state index < -0.39 is 0 Å². The molecule has 208 valence electrons. The first-order valence-corrected chi connectivity index (χ1v) is 14.5. The molecule has 0 radical (unpaired) electrons. The van der Waals surface area contributed by atoms with Crippen LogP contribution >= 0.6 is 23.2 Å². The highest BCUT2D eigenvalue weighted by Gasteiger charge is 2.36. The molecular weight excluding hydrogens is 555 g/mol. The number of fused-ring (bicyclic) bond motifs is 1. The summed E-state index contributed by atoms with van der Waals surface area (Å²) in [5.41, 5.74) is 6.61. The summed E-state index contributed by atoms with van der Waals surface area (Å²) in [4.78, 5) is 13.9. The molecule has 0 fully saturated rings. The van der Waals surface area contributed by atoms with Gasteiger partial charge in [-0.05, 0) is 84.5 Å². The first-order chi connectivity index (χ1) is 20.0. The Morgan fingerprint density at radius 3 is 2.20 bits per heavy atom. The molecule has 0 bridgehead atoms. The number of halogens is 2. The van der Waals surface area contributed by atoms with Crippen LogP contribution in [0.5, 0.6) is 11.5 Å². The van der Waals surface area contributed by atoms with Gasteiger partial charge in [0.2, 0.25) is 0 Å². The van der Waals surface area contributed by atoms with Gasteiger partial charge in [-0.15, -0.1) is 0 Å². The van der Waals surface area contributed by atoms with Crippen molar-refractivity contribution in [3.63, 3.8) is 0 Å². The van der Waals surface area contributed by atoms with Crippen LogP contribution in [0.2, 0.25) is 10.0 Å². The maximum Gasteiger partial charge on any atom is 0.163 e. The van der Waals surface area contributed by atoms with Crippen molar-refractivity contribution in [3.05, 3.63) is 129 Å². The molecule has 0 aromatic heterocycles. The van der Waals surface area contributed by atoms with E-state index in [1.807, 2.05) is 97.9 Å². The van der Waals surface area contributed by atoms with Crippen molar-refractivity contribution in [1.29, 1.82) is 0 Å². The number of allylic oxidation sites excluding steroid dienone is 1. The predicted octanol–water partition coefficient (Wildman–Crippen LogP) is 8.95. The lowest BCUT2D eigenvalue weighted by molar-refractivity contribution is -0.116. The topological polar surface area (TPSA) is 59.6 Å². The Balaban J connectivity index is 1.36. The molecule has 2 atom stereocenters. The predicted molar refractivity (Wildman–Crippen MR) is 165 cm³/mol. The van der Waals surface area contributed by atoms with Crippen LogP contribution in [-0.2, 0) is 11.4 Å². The van der Waals surface area contributed by atoms with Crippen LogP contribution in [0.1, 0.15) is 48.4 Å². The van der Waals surface area contributed by atoms with Crippen LogP contribution in [0, 0.1) is 0 Å². The second-order valence-corrected chi connectivity index (χ2v) is 11.1. The SMILES string of the molecule is CCOc1cc([C@@H]2Nc3ccccc3NC3=C2C(=O)C[C@H](c2ccc(Cl)cc2)C3)ccc1OCc1ccc(Cl)cc1. The first kappa shape index (κ1) is 27.3. The molecule has 0 saturated carbocycles. The van der Waals surface area contributed by atoms with Crippen LogP contribution in [-0.4, -0.2) is 12.4 Å². The quantitative estimate of drug-likeness (QED) is 0.227. The molecule has 1 heterocycles. The lowest BCUT2D eigenvalue weighted by atomic mass is 9.78. The summed E-state index contributed by atoms with van der Waals surface area (Å²) < 4.78 is 12.2. The molecule has 1 aliphatic carbocycles. The van der Waals surface area contributed by atoms with E-state index in [-0.39, 0.29) is 17.7 Å². The number of ether oxygens (including phenoxy) is 2. The Hall–Kier alpha value is -3.93.